The lowest BCUT2D eigenvalue weighted by Crippen LogP contribution is -2.34. The summed E-state index contributed by atoms with van der Waals surface area (Å²) < 4.78 is 0. The van der Waals surface area contributed by atoms with Crippen molar-refractivity contribution in [2.24, 2.45) is 5.73 Å². The maximum atomic E-state index is 5.83. The first-order chi connectivity index (χ1) is 4.49. The molecule has 2 N–H and O–H groups in total. The van der Waals surface area contributed by atoms with Crippen LogP contribution >= 0.6 is 0 Å². The van der Waals surface area contributed by atoms with E-state index in [4.69, 9.17) is 5.73 Å². The monoisotopic (exact) mass is 142 g/mol. The first-order valence-corrected chi connectivity index (χ1v) is 4.02. The average molecular weight is 142 g/mol. The van der Waals surface area contributed by atoms with Gasteiger partial charge in [0.05, 0.1) is 0 Å². The highest BCUT2D eigenvalue weighted by atomic mass is 15.3. The van der Waals surface area contributed by atoms with Gasteiger partial charge in [0, 0.05) is 24.7 Å². The smallest absolute Gasteiger partial charge is 0.0195 e. The number of hydrogen-bond donors (Lipinski definition) is 1. The van der Waals surface area contributed by atoms with E-state index in [2.05, 4.69) is 25.7 Å². The number of hydrogen-bond acceptors (Lipinski definition) is 2. The normalized spacial score (nSPS) is 32.4. The van der Waals surface area contributed by atoms with Gasteiger partial charge in [-0.15, -0.1) is 0 Å². The van der Waals surface area contributed by atoms with Crippen LogP contribution < -0.4 is 5.73 Å². The van der Waals surface area contributed by atoms with Crippen LogP contribution in [-0.2, 0) is 0 Å². The molecule has 60 valence electrons. The molecule has 1 aliphatic heterocycles. The summed E-state index contributed by atoms with van der Waals surface area (Å²) in [5.41, 5.74) is 5.85. The number of rotatable bonds is 3. The molecule has 1 rings (SSSR count). The summed E-state index contributed by atoms with van der Waals surface area (Å²) in [5, 5.41) is 0. The van der Waals surface area contributed by atoms with Crippen LogP contribution in [0.2, 0.25) is 0 Å². The molecule has 1 aliphatic rings. The molecular weight excluding hydrogens is 124 g/mol. The minimum atomic E-state index is 0.0162. The predicted molar refractivity (Wildman–Crippen MR) is 43.9 cm³/mol. The molecule has 1 fully saturated rings. The molecule has 10 heavy (non-hydrogen) atoms. The van der Waals surface area contributed by atoms with Crippen LogP contribution in [0.4, 0.5) is 0 Å². The second-order valence-electron chi connectivity index (χ2n) is 4.08. The van der Waals surface area contributed by atoms with Crippen molar-refractivity contribution in [2.45, 2.75) is 38.8 Å². The van der Waals surface area contributed by atoms with E-state index >= 15 is 0 Å². The van der Waals surface area contributed by atoms with Gasteiger partial charge in [0.2, 0.25) is 0 Å². The fraction of sp³-hybridized carbons (Fsp3) is 1.00. The van der Waals surface area contributed by atoms with Crippen molar-refractivity contribution < 1.29 is 0 Å². The molecule has 1 heterocycles. The quantitative estimate of drug-likeness (QED) is 0.591. The van der Waals surface area contributed by atoms with Crippen molar-refractivity contribution in [3.63, 3.8) is 0 Å². The fourth-order valence-electron chi connectivity index (χ4n) is 1.04. The Kier molecular flexibility index (Phi) is 2.02. The molecule has 0 radical (unpaired) electrons. The van der Waals surface area contributed by atoms with Crippen LogP contribution in [0.15, 0.2) is 0 Å². The third-order valence-corrected chi connectivity index (χ3v) is 2.03. The van der Waals surface area contributed by atoms with Gasteiger partial charge in [-0.3, -0.25) is 4.90 Å². The third kappa shape index (κ3) is 2.67. The van der Waals surface area contributed by atoms with Gasteiger partial charge < -0.3 is 5.73 Å². The Morgan fingerprint density at radius 2 is 2.10 bits per heavy atom. The van der Waals surface area contributed by atoms with E-state index in [1.807, 2.05) is 0 Å². The molecular formula is C8H18N2. The Labute approximate surface area is 63.4 Å². The third-order valence-electron chi connectivity index (χ3n) is 2.03. The molecule has 2 nitrogen and oxygen atoms in total. The summed E-state index contributed by atoms with van der Waals surface area (Å²) in [6.45, 7) is 8.87. The molecule has 2 heteroatoms. The number of nitrogens with zero attached hydrogens (tertiary/aromatic N) is 1. The van der Waals surface area contributed by atoms with E-state index in [0.717, 1.165) is 12.5 Å². The van der Waals surface area contributed by atoms with Gasteiger partial charge in [-0.2, -0.15) is 0 Å². The van der Waals surface area contributed by atoms with Gasteiger partial charge in [-0.1, -0.05) is 0 Å². The molecule has 2 unspecified atom stereocenters. The Bertz CT molecular complexity index is 115. The van der Waals surface area contributed by atoms with Gasteiger partial charge in [-0.05, 0) is 27.2 Å². The van der Waals surface area contributed by atoms with Gasteiger partial charge in [-0.25, -0.2) is 0 Å². The number of nitrogens with two attached hydrogens (primary N) is 1. The standard InChI is InChI=1S/C8H18N2/c1-7-6-10(7)5-4-8(2,3)9/h7H,4-6,9H2,1-3H3. The maximum absolute atomic E-state index is 5.83. The van der Waals surface area contributed by atoms with Crippen molar-refractivity contribution in [1.82, 2.24) is 4.90 Å². The van der Waals surface area contributed by atoms with Crippen LogP contribution in [0.25, 0.3) is 0 Å². The first kappa shape index (κ1) is 8.02. The molecule has 2 atom stereocenters. The molecule has 0 spiro atoms. The summed E-state index contributed by atoms with van der Waals surface area (Å²) in [7, 11) is 0. The molecule has 0 aromatic rings. The lowest BCUT2D eigenvalue weighted by atomic mass is 10.0. The van der Waals surface area contributed by atoms with Crippen LogP contribution in [0, 0.1) is 0 Å². The van der Waals surface area contributed by atoms with Gasteiger partial charge >= 0.3 is 0 Å². The topological polar surface area (TPSA) is 29.0 Å². The molecule has 0 aliphatic carbocycles. The minimum absolute atomic E-state index is 0.0162. The highest BCUT2D eigenvalue weighted by Gasteiger charge is 2.29. The van der Waals surface area contributed by atoms with Crippen LogP contribution in [-0.4, -0.2) is 29.6 Å². The zero-order valence-corrected chi connectivity index (χ0v) is 7.22. The van der Waals surface area contributed by atoms with E-state index in [1.54, 1.807) is 0 Å². The fourth-order valence-corrected chi connectivity index (χ4v) is 1.04. The molecule has 0 bridgehead atoms. The second kappa shape index (κ2) is 2.51. The Balaban J connectivity index is 2.06. The van der Waals surface area contributed by atoms with E-state index in [9.17, 15) is 0 Å². The van der Waals surface area contributed by atoms with Crippen molar-refractivity contribution in [3.8, 4) is 0 Å². The summed E-state index contributed by atoms with van der Waals surface area (Å²) in [4.78, 5) is 2.44. The zero-order valence-electron chi connectivity index (χ0n) is 7.22. The van der Waals surface area contributed by atoms with Crippen LogP contribution in [0.5, 0.6) is 0 Å². The van der Waals surface area contributed by atoms with Crippen LogP contribution in [0.1, 0.15) is 27.2 Å². The highest BCUT2D eigenvalue weighted by Crippen LogP contribution is 2.18. The van der Waals surface area contributed by atoms with Crippen molar-refractivity contribution in [2.75, 3.05) is 13.1 Å². The van der Waals surface area contributed by atoms with E-state index in [-0.39, 0.29) is 5.54 Å². The lowest BCUT2D eigenvalue weighted by Gasteiger charge is -2.18. The predicted octanol–water partition coefficient (Wildman–Crippen LogP) is 0.818. The second-order valence-corrected chi connectivity index (χ2v) is 4.08. The SMILES string of the molecule is CC1CN1CCC(C)(C)N. The minimum Gasteiger partial charge on any atom is -0.326 e. The van der Waals surface area contributed by atoms with Gasteiger partial charge in [0.25, 0.3) is 0 Å². The van der Waals surface area contributed by atoms with Crippen molar-refractivity contribution in [3.05, 3.63) is 0 Å². The van der Waals surface area contributed by atoms with Crippen molar-refractivity contribution in [1.29, 1.82) is 0 Å². The largest absolute Gasteiger partial charge is 0.326 e. The molecule has 0 amide bonds. The Morgan fingerprint density at radius 1 is 1.60 bits per heavy atom. The summed E-state index contributed by atoms with van der Waals surface area (Å²) in [5.74, 6) is 0. The first-order valence-electron chi connectivity index (χ1n) is 4.02. The molecule has 0 saturated carbocycles. The van der Waals surface area contributed by atoms with Crippen LogP contribution in [0.3, 0.4) is 0 Å². The van der Waals surface area contributed by atoms with Gasteiger partial charge in [0.1, 0.15) is 0 Å². The molecule has 1 saturated heterocycles. The van der Waals surface area contributed by atoms with E-state index in [1.165, 1.54) is 13.1 Å². The summed E-state index contributed by atoms with van der Waals surface area (Å²) in [6.07, 6.45) is 1.11. The maximum Gasteiger partial charge on any atom is 0.0195 e. The van der Waals surface area contributed by atoms with E-state index in [0.29, 0.717) is 0 Å². The van der Waals surface area contributed by atoms with Gasteiger partial charge in [0.15, 0.2) is 0 Å². The molecule has 0 aromatic carbocycles. The lowest BCUT2D eigenvalue weighted by molar-refractivity contribution is 0.399. The average Bonchev–Trinajstić information content (AvgIpc) is 2.40. The molecule has 0 aromatic heterocycles. The highest BCUT2D eigenvalue weighted by molar-refractivity contribution is 4.86. The summed E-state index contributed by atoms with van der Waals surface area (Å²) in [6, 6.07) is 0.822. The van der Waals surface area contributed by atoms with E-state index < -0.39 is 0 Å². The van der Waals surface area contributed by atoms with Crippen molar-refractivity contribution >= 4 is 0 Å². The Hall–Kier alpha value is -0.0800. The summed E-state index contributed by atoms with van der Waals surface area (Å²) >= 11 is 0. The zero-order chi connectivity index (χ0) is 7.78. The Morgan fingerprint density at radius 3 is 2.40 bits per heavy atom.